The highest BCUT2D eigenvalue weighted by atomic mass is 32.2. The van der Waals surface area contributed by atoms with Crippen LogP contribution in [0.5, 0.6) is 11.5 Å². The van der Waals surface area contributed by atoms with Crippen LogP contribution in [-0.4, -0.2) is 28.7 Å². The van der Waals surface area contributed by atoms with Crippen molar-refractivity contribution in [3.05, 3.63) is 48.0 Å². The van der Waals surface area contributed by atoms with E-state index in [1.165, 1.54) is 19.2 Å². The predicted octanol–water partition coefficient (Wildman–Crippen LogP) is 2.15. The highest BCUT2D eigenvalue weighted by molar-refractivity contribution is 7.92. The van der Waals surface area contributed by atoms with Crippen LogP contribution in [0.15, 0.2) is 47.4 Å². The first kappa shape index (κ1) is 15.2. The third-order valence-electron chi connectivity index (χ3n) is 3.54. The summed E-state index contributed by atoms with van der Waals surface area (Å²) in [5, 5.41) is 9.12. The number of ether oxygens (including phenoxy) is 2. The van der Waals surface area contributed by atoms with E-state index >= 15 is 0 Å². The van der Waals surface area contributed by atoms with Crippen molar-refractivity contribution in [2.45, 2.75) is 4.90 Å². The molecule has 23 heavy (non-hydrogen) atoms. The summed E-state index contributed by atoms with van der Waals surface area (Å²) in [6, 6.07) is 12.9. The van der Waals surface area contributed by atoms with E-state index in [-0.39, 0.29) is 10.5 Å². The fourth-order valence-electron chi connectivity index (χ4n) is 2.30. The largest absolute Gasteiger partial charge is 0.486 e. The predicted molar refractivity (Wildman–Crippen MR) is 84.2 cm³/mol. The quantitative estimate of drug-likeness (QED) is 0.861. The van der Waals surface area contributed by atoms with Crippen LogP contribution in [0, 0.1) is 11.3 Å². The fourth-order valence-corrected chi connectivity index (χ4v) is 3.63. The molecular formula is C16H14N2O4S. The van der Waals surface area contributed by atoms with Gasteiger partial charge >= 0.3 is 0 Å². The van der Waals surface area contributed by atoms with Gasteiger partial charge in [-0.05, 0) is 24.3 Å². The first-order valence-corrected chi connectivity index (χ1v) is 8.36. The van der Waals surface area contributed by atoms with Crippen molar-refractivity contribution >= 4 is 15.7 Å². The van der Waals surface area contributed by atoms with E-state index in [0.717, 1.165) is 4.31 Å². The molecule has 7 heteroatoms. The zero-order chi connectivity index (χ0) is 16.4. The summed E-state index contributed by atoms with van der Waals surface area (Å²) < 4.78 is 37.6. The van der Waals surface area contributed by atoms with Crippen molar-refractivity contribution < 1.29 is 17.9 Å². The minimum absolute atomic E-state index is 0.0279. The maximum Gasteiger partial charge on any atom is 0.265 e. The normalized spacial score (nSPS) is 13.2. The van der Waals surface area contributed by atoms with Gasteiger partial charge in [0.25, 0.3) is 10.0 Å². The maximum atomic E-state index is 12.8. The Hall–Kier alpha value is -2.72. The zero-order valence-corrected chi connectivity index (χ0v) is 13.2. The molecule has 0 aliphatic carbocycles. The summed E-state index contributed by atoms with van der Waals surface area (Å²) in [7, 11) is -2.41. The van der Waals surface area contributed by atoms with Crippen LogP contribution in [0.3, 0.4) is 0 Å². The smallest absolute Gasteiger partial charge is 0.265 e. The van der Waals surface area contributed by atoms with E-state index in [1.54, 1.807) is 30.3 Å². The summed E-state index contributed by atoms with van der Waals surface area (Å²) in [5.41, 5.74) is 0.541. The Balaban J connectivity index is 2.02. The molecule has 6 nitrogen and oxygen atoms in total. The molecule has 0 saturated carbocycles. The number of rotatable bonds is 3. The highest BCUT2D eigenvalue weighted by Crippen LogP contribution is 2.35. The lowest BCUT2D eigenvalue weighted by atomic mass is 10.2. The summed E-state index contributed by atoms with van der Waals surface area (Å²) >= 11 is 0. The summed E-state index contributed by atoms with van der Waals surface area (Å²) in [4.78, 5) is -0.0279. The first-order valence-electron chi connectivity index (χ1n) is 6.92. The Labute approximate surface area is 134 Å². The number of fused-ring (bicyclic) bond motifs is 1. The topological polar surface area (TPSA) is 79.6 Å². The van der Waals surface area contributed by atoms with Crippen LogP contribution in [0.4, 0.5) is 5.69 Å². The molecular weight excluding hydrogens is 316 g/mol. The molecule has 0 unspecified atom stereocenters. The Morgan fingerprint density at radius 2 is 1.78 bits per heavy atom. The standard InChI is InChI=1S/C16H14N2O4S/c1-18(13-6-7-14-15(10-13)22-9-8-21-14)23(19,20)16-5-3-2-4-12(16)11-17/h2-7,10H,8-9H2,1H3. The van der Waals surface area contributed by atoms with Crippen LogP contribution in [0.25, 0.3) is 0 Å². The van der Waals surface area contributed by atoms with Crippen molar-refractivity contribution in [2.75, 3.05) is 24.6 Å². The fraction of sp³-hybridized carbons (Fsp3) is 0.188. The Morgan fingerprint density at radius 3 is 2.52 bits per heavy atom. The second kappa shape index (κ2) is 5.82. The molecule has 2 aromatic carbocycles. The minimum Gasteiger partial charge on any atom is -0.486 e. The Bertz CT molecular complexity index is 887. The van der Waals surface area contributed by atoms with Crippen molar-refractivity contribution in [3.8, 4) is 17.6 Å². The number of nitrogens with zero attached hydrogens (tertiary/aromatic N) is 2. The maximum absolute atomic E-state index is 12.8. The lowest BCUT2D eigenvalue weighted by Crippen LogP contribution is -2.27. The lowest BCUT2D eigenvalue weighted by molar-refractivity contribution is 0.171. The Kier molecular flexibility index (Phi) is 3.84. The van der Waals surface area contributed by atoms with E-state index in [2.05, 4.69) is 0 Å². The number of hydrogen-bond acceptors (Lipinski definition) is 5. The van der Waals surface area contributed by atoms with Crippen LogP contribution in [0.2, 0.25) is 0 Å². The molecule has 0 spiro atoms. The van der Waals surface area contributed by atoms with Crippen LogP contribution >= 0.6 is 0 Å². The third kappa shape index (κ3) is 2.69. The molecule has 0 aromatic heterocycles. The summed E-state index contributed by atoms with van der Waals surface area (Å²) in [5.74, 6) is 1.09. The van der Waals surface area contributed by atoms with Crippen molar-refractivity contribution in [1.82, 2.24) is 0 Å². The van der Waals surface area contributed by atoms with Crippen LogP contribution in [0.1, 0.15) is 5.56 Å². The van der Waals surface area contributed by atoms with Gasteiger partial charge in [-0.3, -0.25) is 4.31 Å². The number of hydrogen-bond donors (Lipinski definition) is 0. The second-order valence-electron chi connectivity index (χ2n) is 4.91. The molecule has 2 aromatic rings. The molecule has 0 saturated heterocycles. The molecule has 1 heterocycles. The second-order valence-corrected chi connectivity index (χ2v) is 6.85. The minimum atomic E-state index is -3.85. The Morgan fingerprint density at radius 1 is 1.09 bits per heavy atom. The highest BCUT2D eigenvalue weighted by Gasteiger charge is 2.25. The van der Waals surface area contributed by atoms with Crippen LogP contribution < -0.4 is 13.8 Å². The van der Waals surface area contributed by atoms with Crippen molar-refractivity contribution in [3.63, 3.8) is 0 Å². The molecule has 1 aliphatic rings. The van der Waals surface area contributed by atoms with Gasteiger partial charge in [0.1, 0.15) is 24.2 Å². The number of nitriles is 1. The van der Waals surface area contributed by atoms with E-state index in [9.17, 15) is 8.42 Å². The molecule has 118 valence electrons. The van der Waals surface area contributed by atoms with Gasteiger partial charge in [-0.25, -0.2) is 8.42 Å². The number of sulfonamides is 1. The SMILES string of the molecule is CN(c1ccc2c(c1)OCCO2)S(=O)(=O)c1ccccc1C#N. The van der Waals surface area contributed by atoms with Gasteiger partial charge in [-0.15, -0.1) is 0 Å². The molecule has 3 rings (SSSR count). The van der Waals surface area contributed by atoms with Gasteiger partial charge in [-0.1, -0.05) is 12.1 Å². The van der Waals surface area contributed by atoms with E-state index in [4.69, 9.17) is 14.7 Å². The van der Waals surface area contributed by atoms with Gasteiger partial charge in [0.05, 0.1) is 11.3 Å². The summed E-state index contributed by atoms with van der Waals surface area (Å²) in [6.45, 7) is 0.889. The van der Waals surface area contributed by atoms with Gasteiger partial charge in [0, 0.05) is 13.1 Å². The van der Waals surface area contributed by atoms with Gasteiger partial charge in [-0.2, -0.15) is 5.26 Å². The van der Waals surface area contributed by atoms with E-state index in [0.29, 0.717) is 30.4 Å². The molecule has 0 fully saturated rings. The molecule has 0 radical (unpaired) electrons. The third-order valence-corrected chi connectivity index (χ3v) is 5.38. The molecule has 0 amide bonds. The van der Waals surface area contributed by atoms with Crippen molar-refractivity contribution in [1.29, 1.82) is 5.26 Å². The lowest BCUT2D eigenvalue weighted by Gasteiger charge is -2.23. The zero-order valence-electron chi connectivity index (χ0n) is 12.4. The number of benzene rings is 2. The summed E-state index contributed by atoms with van der Waals surface area (Å²) in [6.07, 6.45) is 0. The average Bonchev–Trinajstić information content (AvgIpc) is 2.60. The first-order chi connectivity index (χ1) is 11.0. The van der Waals surface area contributed by atoms with E-state index < -0.39 is 10.0 Å². The average molecular weight is 330 g/mol. The van der Waals surface area contributed by atoms with Gasteiger partial charge in [0.2, 0.25) is 0 Å². The molecule has 0 atom stereocenters. The molecule has 0 bridgehead atoms. The monoisotopic (exact) mass is 330 g/mol. The van der Waals surface area contributed by atoms with Gasteiger partial charge in [0.15, 0.2) is 11.5 Å². The molecule has 0 N–H and O–H groups in total. The number of anilines is 1. The van der Waals surface area contributed by atoms with Gasteiger partial charge < -0.3 is 9.47 Å². The molecule has 1 aliphatic heterocycles. The van der Waals surface area contributed by atoms with E-state index in [1.807, 2.05) is 6.07 Å². The van der Waals surface area contributed by atoms with Crippen LogP contribution in [-0.2, 0) is 10.0 Å². The van der Waals surface area contributed by atoms with Crippen molar-refractivity contribution in [2.24, 2.45) is 0 Å².